The smallest absolute Gasteiger partial charge is 0.231 e. The molecular weight excluding hydrogens is 387 g/mol. The molecule has 0 aliphatic carbocycles. The van der Waals surface area contributed by atoms with Crippen LogP contribution in [0.4, 0.5) is 4.39 Å². The number of carbonyl (C=O) groups is 2. The Balaban J connectivity index is 1.46. The van der Waals surface area contributed by atoms with Crippen molar-refractivity contribution in [1.82, 2.24) is 0 Å². The molecule has 30 heavy (non-hydrogen) atoms. The second kappa shape index (κ2) is 8.21. The van der Waals surface area contributed by atoms with E-state index in [4.69, 9.17) is 14.2 Å². The van der Waals surface area contributed by atoms with E-state index in [9.17, 15) is 14.0 Å². The Morgan fingerprint density at radius 2 is 1.77 bits per heavy atom. The molecule has 3 aromatic rings. The van der Waals surface area contributed by atoms with E-state index in [0.29, 0.717) is 28.4 Å². The number of carbonyl (C=O) groups excluding carboxylic acids is 2. The summed E-state index contributed by atoms with van der Waals surface area (Å²) in [6.45, 7) is -0.170. The molecule has 0 amide bonds. The lowest BCUT2D eigenvalue weighted by molar-refractivity contribution is 0.0920. The molecule has 0 bridgehead atoms. The van der Waals surface area contributed by atoms with Crippen molar-refractivity contribution in [2.45, 2.75) is 0 Å². The molecule has 1 heterocycles. The zero-order valence-electron chi connectivity index (χ0n) is 16.1. The lowest BCUT2D eigenvalue weighted by Crippen LogP contribution is -2.11. The van der Waals surface area contributed by atoms with Crippen LogP contribution < -0.4 is 14.2 Å². The van der Waals surface area contributed by atoms with Crippen molar-refractivity contribution in [3.8, 4) is 17.2 Å². The van der Waals surface area contributed by atoms with Gasteiger partial charge in [0.15, 0.2) is 18.1 Å². The van der Waals surface area contributed by atoms with Gasteiger partial charge in [0.2, 0.25) is 5.78 Å². The molecule has 0 atom stereocenters. The molecule has 1 aliphatic heterocycles. The van der Waals surface area contributed by atoms with E-state index in [1.807, 2.05) is 0 Å². The van der Waals surface area contributed by atoms with Gasteiger partial charge in [-0.2, -0.15) is 0 Å². The fraction of sp³-hybridized carbons (Fsp3) is 0.0833. The van der Waals surface area contributed by atoms with Crippen LogP contribution in [-0.4, -0.2) is 25.3 Å². The Morgan fingerprint density at radius 3 is 2.50 bits per heavy atom. The number of methoxy groups -OCH3 is 1. The summed E-state index contributed by atoms with van der Waals surface area (Å²) in [4.78, 5) is 24.8. The number of ketones is 2. The first-order valence-electron chi connectivity index (χ1n) is 9.18. The minimum atomic E-state index is -0.446. The Morgan fingerprint density at radius 1 is 1.03 bits per heavy atom. The lowest BCUT2D eigenvalue weighted by Gasteiger charge is -2.07. The van der Waals surface area contributed by atoms with Crippen LogP contribution in [0.3, 0.4) is 0 Å². The summed E-state index contributed by atoms with van der Waals surface area (Å²) >= 11 is 0. The highest BCUT2D eigenvalue weighted by Crippen LogP contribution is 2.35. The molecule has 150 valence electrons. The summed E-state index contributed by atoms with van der Waals surface area (Å²) in [5, 5.41) is 0. The van der Waals surface area contributed by atoms with Crippen LogP contribution in [-0.2, 0) is 0 Å². The van der Waals surface area contributed by atoms with Crippen molar-refractivity contribution in [3.05, 3.63) is 95.0 Å². The Kier molecular flexibility index (Phi) is 5.30. The topological polar surface area (TPSA) is 61.8 Å². The number of hydrogen-bond donors (Lipinski definition) is 0. The van der Waals surface area contributed by atoms with Gasteiger partial charge in [0.25, 0.3) is 0 Å². The number of hydrogen-bond acceptors (Lipinski definition) is 5. The maximum atomic E-state index is 13.9. The summed E-state index contributed by atoms with van der Waals surface area (Å²) in [6.07, 6.45) is 1.37. The first-order chi connectivity index (χ1) is 14.5. The van der Waals surface area contributed by atoms with Crippen molar-refractivity contribution in [2.75, 3.05) is 13.7 Å². The van der Waals surface area contributed by atoms with Gasteiger partial charge in [0.1, 0.15) is 23.1 Å². The Hall–Kier alpha value is -3.93. The molecule has 6 heteroatoms. The quantitative estimate of drug-likeness (QED) is 0.440. The van der Waals surface area contributed by atoms with E-state index >= 15 is 0 Å². The average Bonchev–Trinajstić information content (AvgIpc) is 3.08. The third-order valence-electron chi connectivity index (χ3n) is 4.62. The number of rotatable bonds is 6. The highest BCUT2D eigenvalue weighted by Gasteiger charge is 2.28. The molecule has 4 rings (SSSR count). The van der Waals surface area contributed by atoms with Crippen LogP contribution in [0.25, 0.3) is 6.08 Å². The molecule has 0 saturated heterocycles. The number of Topliss-reactive ketones (excluding diaryl/α,β-unsaturated/α-hetero) is 2. The van der Waals surface area contributed by atoms with E-state index in [1.54, 1.807) is 61.7 Å². The third kappa shape index (κ3) is 3.93. The predicted octanol–water partition coefficient (Wildman–Crippen LogP) is 4.71. The van der Waals surface area contributed by atoms with E-state index in [0.717, 1.165) is 0 Å². The summed E-state index contributed by atoms with van der Waals surface area (Å²) in [6, 6.07) is 17.5. The van der Waals surface area contributed by atoms with E-state index in [1.165, 1.54) is 18.2 Å². The van der Waals surface area contributed by atoms with Gasteiger partial charge in [-0.15, -0.1) is 0 Å². The van der Waals surface area contributed by atoms with E-state index in [-0.39, 0.29) is 29.5 Å². The number of fused-ring (bicyclic) bond motifs is 1. The van der Waals surface area contributed by atoms with Crippen molar-refractivity contribution >= 4 is 17.6 Å². The van der Waals surface area contributed by atoms with E-state index in [2.05, 4.69) is 0 Å². The second-order valence-electron chi connectivity index (χ2n) is 6.56. The van der Waals surface area contributed by atoms with Crippen LogP contribution in [0.2, 0.25) is 0 Å². The van der Waals surface area contributed by atoms with E-state index < -0.39 is 5.82 Å². The zero-order valence-corrected chi connectivity index (χ0v) is 16.1. The number of halogens is 1. The zero-order chi connectivity index (χ0) is 21.1. The van der Waals surface area contributed by atoms with Crippen LogP contribution in [0.15, 0.2) is 72.5 Å². The highest BCUT2D eigenvalue weighted by atomic mass is 19.1. The second-order valence-corrected chi connectivity index (χ2v) is 6.56. The maximum absolute atomic E-state index is 13.9. The molecule has 3 aromatic carbocycles. The number of ether oxygens (including phenoxy) is 3. The maximum Gasteiger partial charge on any atom is 0.231 e. The number of allylic oxidation sites excluding steroid dienone is 1. The third-order valence-corrected chi connectivity index (χ3v) is 4.62. The first-order valence-corrected chi connectivity index (χ1v) is 9.18. The standard InChI is InChI=1S/C24H17FO5/c1-28-17-8-6-15(7-9-17)21(26)14-29-18-10-11-19-22(13-18)30-23(24(19)27)12-16-4-2-3-5-20(16)25/h2-13H,14H2,1H3/b23-12-. The summed E-state index contributed by atoms with van der Waals surface area (Å²) < 4.78 is 30.1. The van der Waals surface area contributed by atoms with Crippen LogP contribution in [0.5, 0.6) is 17.2 Å². The first kappa shape index (κ1) is 19.4. The SMILES string of the molecule is COc1ccc(C(=O)COc2ccc3c(c2)O/C(=C\c2ccccc2F)C3=O)cc1. The minimum Gasteiger partial charge on any atom is -0.497 e. The molecule has 5 nitrogen and oxygen atoms in total. The van der Waals surface area contributed by atoms with Gasteiger partial charge in [-0.3, -0.25) is 9.59 Å². The summed E-state index contributed by atoms with van der Waals surface area (Å²) in [5.41, 5.74) is 1.11. The fourth-order valence-corrected chi connectivity index (χ4v) is 3.00. The molecule has 0 N–H and O–H groups in total. The summed E-state index contributed by atoms with van der Waals surface area (Å²) in [5.74, 6) is 0.393. The van der Waals surface area contributed by atoms with Gasteiger partial charge in [0, 0.05) is 17.2 Å². The van der Waals surface area contributed by atoms with Gasteiger partial charge in [-0.25, -0.2) is 4.39 Å². The molecule has 0 fully saturated rings. The molecule has 0 aromatic heterocycles. The number of benzene rings is 3. The van der Waals surface area contributed by atoms with Crippen LogP contribution in [0.1, 0.15) is 26.3 Å². The van der Waals surface area contributed by atoms with Crippen molar-refractivity contribution in [2.24, 2.45) is 0 Å². The highest BCUT2D eigenvalue weighted by molar-refractivity contribution is 6.14. The molecule has 0 unspecified atom stereocenters. The molecule has 0 saturated carbocycles. The van der Waals surface area contributed by atoms with Crippen LogP contribution >= 0.6 is 0 Å². The van der Waals surface area contributed by atoms with Gasteiger partial charge >= 0.3 is 0 Å². The monoisotopic (exact) mass is 404 g/mol. The average molecular weight is 404 g/mol. The predicted molar refractivity (Wildman–Crippen MR) is 109 cm³/mol. The minimum absolute atomic E-state index is 0.0292. The van der Waals surface area contributed by atoms with Gasteiger partial charge in [-0.1, -0.05) is 18.2 Å². The molecular formula is C24H17FO5. The van der Waals surface area contributed by atoms with Gasteiger partial charge in [0.05, 0.1) is 12.7 Å². The van der Waals surface area contributed by atoms with Crippen LogP contribution in [0, 0.1) is 5.82 Å². The Labute approximate surface area is 172 Å². The molecule has 1 aliphatic rings. The molecule has 0 spiro atoms. The normalized spacial score (nSPS) is 13.7. The lowest BCUT2D eigenvalue weighted by atomic mass is 10.1. The largest absolute Gasteiger partial charge is 0.497 e. The van der Waals surface area contributed by atoms with Gasteiger partial charge < -0.3 is 14.2 Å². The Bertz CT molecular complexity index is 1150. The van der Waals surface area contributed by atoms with Crippen molar-refractivity contribution in [3.63, 3.8) is 0 Å². The summed E-state index contributed by atoms with van der Waals surface area (Å²) in [7, 11) is 1.55. The van der Waals surface area contributed by atoms with Gasteiger partial charge in [-0.05, 0) is 48.5 Å². The van der Waals surface area contributed by atoms with Crippen molar-refractivity contribution in [1.29, 1.82) is 0 Å². The fourth-order valence-electron chi connectivity index (χ4n) is 3.00. The van der Waals surface area contributed by atoms with Crippen molar-refractivity contribution < 1.29 is 28.2 Å². The molecule has 0 radical (unpaired) electrons.